The standard InChI is InChI=1S/C23H19FO11/c1-33-16-3-8(2-13(27)19(16)29)22-17(7-10-12(26)4-9(25)5-15(10)34-22)35-23(32)11-6-14(28)20(30)21(31)18(11)24/h2-6,17,22,25-31H,7H2,1H3/t17?,22-/m1/s1. The van der Waals surface area contributed by atoms with Crippen molar-refractivity contribution in [3.8, 4) is 51.7 Å². The van der Waals surface area contributed by atoms with Gasteiger partial charge in [-0.1, -0.05) is 0 Å². The van der Waals surface area contributed by atoms with Crippen LogP contribution in [0.3, 0.4) is 0 Å². The van der Waals surface area contributed by atoms with Gasteiger partial charge in [0, 0.05) is 35.7 Å². The summed E-state index contributed by atoms with van der Waals surface area (Å²) in [7, 11) is 1.23. The Hall–Kier alpha value is -4.74. The molecule has 0 aliphatic carbocycles. The fourth-order valence-electron chi connectivity index (χ4n) is 3.74. The first-order valence-electron chi connectivity index (χ1n) is 9.97. The maximum atomic E-state index is 14.4. The number of phenols is 7. The average molecular weight is 490 g/mol. The highest BCUT2D eigenvalue weighted by Gasteiger charge is 2.38. The van der Waals surface area contributed by atoms with Crippen molar-refractivity contribution in [3.05, 3.63) is 52.8 Å². The number of hydrogen-bond donors (Lipinski definition) is 7. The van der Waals surface area contributed by atoms with Crippen LogP contribution >= 0.6 is 0 Å². The lowest BCUT2D eigenvalue weighted by atomic mass is 9.93. The van der Waals surface area contributed by atoms with Crippen LogP contribution in [0.2, 0.25) is 0 Å². The van der Waals surface area contributed by atoms with Gasteiger partial charge in [0.1, 0.15) is 28.9 Å². The van der Waals surface area contributed by atoms with Crippen molar-refractivity contribution >= 4 is 5.97 Å². The minimum atomic E-state index is -1.55. The van der Waals surface area contributed by atoms with Gasteiger partial charge in [0.25, 0.3) is 0 Å². The number of benzene rings is 3. The summed E-state index contributed by atoms with van der Waals surface area (Å²) in [4.78, 5) is 12.8. The lowest BCUT2D eigenvalue weighted by molar-refractivity contribution is -0.0193. The number of carbonyl (C=O) groups is 1. The van der Waals surface area contributed by atoms with Crippen LogP contribution in [-0.4, -0.2) is 54.9 Å². The molecule has 2 atom stereocenters. The second kappa shape index (κ2) is 8.56. The number of methoxy groups -OCH3 is 1. The zero-order valence-electron chi connectivity index (χ0n) is 17.9. The molecule has 0 radical (unpaired) electrons. The van der Waals surface area contributed by atoms with Crippen LogP contribution in [0.5, 0.6) is 51.7 Å². The molecule has 12 heteroatoms. The number of fused-ring (bicyclic) bond motifs is 1. The molecule has 0 amide bonds. The van der Waals surface area contributed by atoms with E-state index in [9.17, 15) is 44.9 Å². The summed E-state index contributed by atoms with van der Waals surface area (Å²) in [6, 6.07) is 5.19. The molecule has 0 saturated carbocycles. The minimum absolute atomic E-state index is 0.0254. The van der Waals surface area contributed by atoms with Gasteiger partial charge in [-0.15, -0.1) is 0 Å². The van der Waals surface area contributed by atoms with E-state index < -0.39 is 58.3 Å². The van der Waals surface area contributed by atoms with E-state index >= 15 is 0 Å². The van der Waals surface area contributed by atoms with Gasteiger partial charge >= 0.3 is 5.97 Å². The molecule has 0 fully saturated rings. The van der Waals surface area contributed by atoms with E-state index in [1.165, 1.54) is 19.2 Å². The van der Waals surface area contributed by atoms with Crippen molar-refractivity contribution in [2.75, 3.05) is 7.11 Å². The van der Waals surface area contributed by atoms with Crippen molar-refractivity contribution in [1.82, 2.24) is 0 Å². The van der Waals surface area contributed by atoms with Gasteiger partial charge in [0.05, 0.1) is 7.11 Å². The molecule has 1 aliphatic heterocycles. The van der Waals surface area contributed by atoms with Crippen LogP contribution in [-0.2, 0) is 11.2 Å². The number of carbonyl (C=O) groups excluding carboxylic acids is 1. The Labute approximate surface area is 196 Å². The smallest absolute Gasteiger partial charge is 0.341 e. The lowest BCUT2D eigenvalue weighted by Gasteiger charge is -2.34. The number of ether oxygens (including phenoxy) is 3. The Kier molecular flexibility index (Phi) is 5.73. The molecule has 1 unspecified atom stereocenters. The zero-order valence-corrected chi connectivity index (χ0v) is 17.9. The fourth-order valence-corrected chi connectivity index (χ4v) is 3.74. The maximum Gasteiger partial charge on any atom is 0.341 e. The quantitative estimate of drug-likeness (QED) is 0.210. The predicted molar refractivity (Wildman–Crippen MR) is 114 cm³/mol. The van der Waals surface area contributed by atoms with Crippen molar-refractivity contribution in [2.45, 2.75) is 18.6 Å². The van der Waals surface area contributed by atoms with Gasteiger partial charge in [0.15, 0.2) is 34.9 Å². The van der Waals surface area contributed by atoms with Gasteiger partial charge < -0.3 is 50.0 Å². The Morgan fingerprint density at radius 3 is 2.29 bits per heavy atom. The third kappa shape index (κ3) is 4.05. The van der Waals surface area contributed by atoms with E-state index in [1.54, 1.807) is 0 Å². The molecule has 0 saturated heterocycles. The summed E-state index contributed by atoms with van der Waals surface area (Å²) in [5, 5.41) is 68.8. The molecule has 3 aromatic carbocycles. The average Bonchev–Trinajstić information content (AvgIpc) is 2.81. The number of aromatic hydroxyl groups is 7. The highest BCUT2D eigenvalue weighted by Crippen LogP contribution is 2.46. The van der Waals surface area contributed by atoms with Crippen molar-refractivity contribution in [2.24, 2.45) is 0 Å². The number of hydrogen-bond acceptors (Lipinski definition) is 11. The first-order valence-corrected chi connectivity index (χ1v) is 9.97. The number of rotatable bonds is 4. The molecular formula is C23H19FO11. The molecule has 7 N–H and O–H groups in total. The highest BCUT2D eigenvalue weighted by molar-refractivity contribution is 5.91. The molecule has 1 heterocycles. The SMILES string of the molecule is COc1cc([C@H]2Oc3cc(O)cc(O)c3CC2OC(=O)c2cc(O)c(O)c(O)c2F)cc(O)c1O. The van der Waals surface area contributed by atoms with Gasteiger partial charge in [-0.2, -0.15) is 0 Å². The van der Waals surface area contributed by atoms with E-state index in [4.69, 9.17) is 14.2 Å². The summed E-state index contributed by atoms with van der Waals surface area (Å²) >= 11 is 0. The second-order valence-corrected chi connectivity index (χ2v) is 7.67. The summed E-state index contributed by atoms with van der Waals surface area (Å²) in [5.74, 6) is -8.36. The zero-order chi connectivity index (χ0) is 25.6. The van der Waals surface area contributed by atoms with E-state index in [-0.39, 0.29) is 40.5 Å². The first-order chi connectivity index (χ1) is 16.5. The Bertz CT molecular complexity index is 1340. The Morgan fingerprint density at radius 2 is 1.60 bits per heavy atom. The molecule has 3 aromatic rings. The molecule has 4 rings (SSSR count). The molecule has 0 spiro atoms. The number of halogens is 1. The van der Waals surface area contributed by atoms with Crippen molar-refractivity contribution < 1.29 is 59.1 Å². The van der Waals surface area contributed by atoms with Crippen LogP contribution in [0.25, 0.3) is 0 Å². The normalized spacial score (nSPS) is 16.7. The van der Waals surface area contributed by atoms with Crippen LogP contribution in [0, 0.1) is 5.82 Å². The van der Waals surface area contributed by atoms with Gasteiger partial charge in [-0.25, -0.2) is 9.18 Å². The topological polar surface area (TPSA) is 186 Å². The van der Waals surface area contributed by atoms with Gasteiger partial charge in [-0.3, -0.25) is 0 Å². The molecule has 11 nitrogen and oxygen atoms in total. The van der Waals surface area contributed by atoms with E-state index in [1.807, 2.05) is 0 Å². The molecule has 35 heavy (non-hydrogen) atoms. The minimum Gasteiger partial charge on any atom is -0.508 e. The van der Waals surface area contributed by atoms with Crippen LogP contribution in [0.4, 0.5) is 4.39 Å². The monoisotopic (exact) mass is 490 g/mol. The number of esters is 1. The number of phenolic OH excluding ortho intramolecular Hbond substituents is 7. The summed E-state index contributed by atoms with van der Waals surface area (Å²) in [6.07, 6.45) is -2.73. The first kappa shape index (κ1) is 23.4. The van der Waals surface area contributed by atoms with Crippen molar-refractivity contribution in [3.63, 3.8) is 0 Å². The molecule has 0 aromatic heterocycles. The maximum absolute atomic E-state index is 14.4. The summed E-state index contributed by atoms with van der Waals surface area (Å²) in [5.41, 5.74) is -0.618. The highest BCUT2D eigenvalue weighted by atomic mass is 19.1. The molecular weight excluding hydrogens is 471 g/mol. The second-order valence-electron chi connectivity index (χ2n) is 7.67. The van der Waals surface area contributed by atoms with E-state index in [0.29, 0.717) is 6.07 Å². The third-order valence-electron chi connectivity index (χ3n) is 5.46. The van der Waals surface area contributed by atoms with E-state index in [2.05, 4.69) is 0 Å². The third-order valence-corrected chi connectivity index (χ3v) is 5.46. The van der Waals surface area contributed by atoms with Gasteiger partial charge in [-0.05, 0) is 12.1 Å². The lowest BCUT2D eigenvalue weighted by Crippen LogP contribution is -2.35. The van der Waals surface area contributed by atoms with Crippen LogP contribution < -0.4 is 9.47 Å². The Balaban J connectivity index is 1.78. The fraction of sp³-hybridized carbons (Fsp3) is 0.174. The largest absolute Gasteiger partial charge is 0.508 e. The summed E-state index contributed by atoms with van der Waals surface area (Å²) < 4.78 is 30.7. The van der Waals surface area contributed by atoms with Crippen molar-refractivity contribution in [1.29, 1.82) is 0 Å². The molecule has 1 aliphatic rings. The van der Waals surface area contributed by atoms with Crippen LogP contribution in [0.15, 0.2) is 30.3 Å². The van der Waals surface area contributed by atoms with Gasteiger partial charge in [0.2, 0.25) is 11.5 Å². The summed E-state index contributed by atoms with van der Waals surface area (Å²) in [6.45, 7) is 0. The Morgan fingerprint density at radius 1 is 0.914 bits per heavy atom. The van der Waals surface area contributed by atoms with Crippen LogP contribution in [0.1, 0.15) is 27.6 Å². The predicted octanol–water partition coefficient (Wildman–Crippen LogP) is 2.68. The molecule has 0 bridgehead atoms. The molecule has 184 valence electrons. The van der Waals surface area contributed by atoms with E-state index in [0.717, 1.165) is 12.1 Å².